The Labute approximate surface area is 178 Å². The molecule has 1 aliphatic rings. The number of carbonyl (C=O) groups excluding carboxylic acids is 1. The summed E-state index contributed by atoms with van der Waals surface area (Å²) in [4.78, 5) is 21.0. The van der Waals surface area contributed by atoms with Crippen LogP contribution < -0.4 is 15.4 Å². The minimum Gasteiger partial charge on any atom is -0.483 e. The molecule has 3 aromatic rings. The number of nitrogens with zero attached hydrogens (tertiary/aromatic N) is 4. The number of nitrogens with one attached hydrogen (secondary N) is 2. The van der Waals surface area contributed by atoms with Crippen LogP contribution in [0.4, 0.5) is 5.82 Å². The summed E-state index contributed by atoms with van der Waals surface area (Å²) in [5.41, 5.74) is 3.31. The third kappa shape index (κ3) is 5.23. The molecule has 0 saturated carbocycles. The van der Waals surface area contributed by atoms with Crippen molar-refractivity contribution in [2.75, 3.05) is 25.0 Å². The number of aromatic nitrogens is 4. The third-order valence-electron chi connectivity index (χ3n) is 4.62. The highest BCUT2D eigenvalue weighted by atomic mass is 16.5. The second-order valence-corrected chi connectivity index (χ2v) is 6.64. The summed E-state index contributed by atoms with van der Waals surface area (Å²) >= 11 is 0. The Kier molecular flexibility index (Phi) is 7.28. The van der Waals surface area contributed by atoms with Gasteiger partial charge in [0.25, 0.3) is 12.4 Å². The number of carboxylic acid groups (broad SMARTS) is 1. The van der Waals surface area contributed by atoms with Gasteiger partial charge in [-0.1, -0.05) is 6.08 Å². The molecule has 0 radical (unpaired) electrons. The van der Waals surface area contributed by atoms with Gasteiger partial charge in [0.2, 0.25) is 5.88 Å². The van der Waals surface area contributed by atoms with Gasteiger partial charge in [-0.25, -0.2) is 4.68 Å². The zero-order valence-electron chi connectivity index (χ0n) is 17.3. The molecule has 3 heterocycles. The quantitative estimate of drug-likeness (QED) is 0.531. The van der Waals surface area contributed by atoms with Gasteiger partial charge in [-0.3, -0.25) is 9.59 Å². The lowest BCUT2D eigenvalue weighted by Crippen LogP contribution is -2.20. The minimum atomic E-state index is -0.253. The molecule has 0 spiro atoms. The van der Waals surface area contributed by atoms with Crippen molar-refractivity contribution in [1.29, 1.82) is 0 Å². The number of hydrogen-bond acceptors (Lipinski definition) is 7. The first-order valence-corrected chi connectivity index (χ1v) is 9.80. The molecule has 10 heteroatoms. The summed E-state index contributed by atoms with van der Waals surface area (Å²) in [6.45, 7) is 3.97. The number of amides is 1. The highest BCUT2D eigenvalue weighted by molar-refractivity contribution is 6.06. The van der Waals surface area contributed by atoms with Gasteiger partial charge in [0.15, 0.2) is 5.82 Å². The average molecular weight is 424 g/mol. The summed E-state index contributed by atoms with van der Waals surface area (Å²) in [7, 11) is 1.82. The Bertz CT molecular complexity index is 1090. The molecule has 3 N–H and O–H groups in total. The number of fused-ring (bicyclic) bond motifs is 1. The van der Waals surface area contributed by atoms with E-state index in [2.05, 4.69) is 32.0 Å². The van der Waals surface area contributed by atoms with E-state index in [4.69, 9.17) is 14.6 Å². The van der Waals surface area contributed by atoms with Crippen LogP contribution in [-0.4, -0.2) is 57.2 Å². The van der Waals surface area contributed by atoms with E-state index in [-0.39, 0.29) is 12.4 Å². The third-order valence-corrected chi connectivity index (χ3v) is 4.62. The van der Waals surface area contributed by atoms with Crippen molar-refractivity contribution in [2.45, 2.75) is 13.3 Å². The molecule has 162 valence electrons. The van der Waals surface area contributed by atoms with E-state index >= 15 is 0 Å². The predicted octanol–water partition coefficient (Wildman–Crippen LogP) is 2.09. The Morgan fingerprint density at radius 2 is 2.13 bits per heavy atom. The Balaban J connectivity index is 0.000000858. The Hall–Kier alpha value is -3.79. The molecule has 10 nitrogen and oxygen atoms in total. The first kappa shape index (κ1) is 21.9. The van der Waals surface area contributed by atoms with Gasteiger partial charge in [0, 0.05) is 19.2 Å². The number of anilines is 1. The Morgan fingerprint density at radius 1 is 1.32 bits per heavy atom. The van der Waals surface area contributed by atoms with Crippen LogP contribution in [-0.2, 0) is 11.8 Å². The second-order valence-electron chi connectivity index (χ2n) is 6.64. The molecule has 2 aromatic heterocycles. The van der Waals surface area contributed by atoms with Crippen molar-refractivity contribution in [3.05, 3.63) is 47.7 Å². The maximum atomic E-state index is 12.7. The van der Waals surface area contributed by atoms with Crippen LogP contribution >= 0.6 is 0 Å². The molecule has 0 bridgehead atoms. The maximum absolute atomic E-state index is 12.7. The van der Waals surface area contributed by atoms with Crippen molar-refractivity contribution < 1.29 is 19.4 Å². The summed E-state index contributed by atoms with van der Waals surface area (Å²) in [5, 5.41) is 26.6. The molecule has 0 atom stereocenters. The van der Waals surface area contributed by atoms with Crippen LogP contribution in [0, 0.1) is 0 Å². The molecule has 4 rings (SSSR count). The van der Waals surface area contributed by atoms with Gasteiger partial charge in [-0.2, -0.15) is 5.10 Å². The van der Waals surface area contributed by atoms with Crippen LogP contribution in [0.5, 0.6) is 5.88 Å². The minimum absolute atomic E-state index is 0.250. The molecular weight excluding hydrogens is 400 g/mol. The summed E-state index contributed by atoms with van der Waals surface area (Å²) in [5.74, 6) is 0.808. The molecule has 1 aliphatic heterocycles. The van der Waals surface area contributed by atoms with Crippen LogP contribution in [0.15, 0.2) is 36.4 Å². The number of carbonyl (C=O) groups is 2. The normalized spacial score (nSPS) is 13.0. The lowest BCUT2D eigenvalue weighted by Gasteiger charge is -2.13. The van der Waals surface area contributed by atoms with Gasteiger partial charge in [0.1, 0.15) is 0 Å². The second kappa shape index (κ2) is 10.3. The van der Waals surface area contributed by atoms with Crippen LogP contribution in [0.25, 0.3) is 16.5 Å². The van der Waals surface area contributed by atoms with Crippen LogP contribution in [0.1, 0.15) is 29.4 Å². The first-order chi connectivity index (χ1) is 15.1. The van der Waals surface area contributed by atoms with Gasteiger partial charge < -0.3 is 20.5 Å². The topological polar surface area (TPSA) is 131 Å². The lowest BCUT2D eigenvalue weighted by molar-refractivity contribution is -0.122. The van der Waals surface area contributed by atoms with Gasteiger partial charge >= 0.3 is 0 Å². The summed E-state index contributed by atoms with van der Waals surface area (Å²) in [6.07, 6.45) is 3.04. The predicted molar refractivity (Wildman–Crippen MR) is 116 cm³/mol. The zero-order valence-corrected chi connectivity index (χ0v) is 17.3. The van der Waals surface area contributed by atoms with E-state index < -0.39 is 0 Å². The maximum Gasteiger partial charge on any atom is 0.290 e. The summed E-state index contributed by atoms with van der Waals surface area (Å²) in [6, 6.07) is 8.99. The van der Waals surface area contributed by atoms with Crippen molar-refractivity contribution in [3.8, 4) is 5.88 Å². The van der Waals surface area contributed by atoms with E-state index in [9.17, 15) is 4.79 Å². The molecule has 0 unspecified atom stereocenters. The summed E-state index contributed by atoms with van der Waals surface area (Å²) < 4.78 is 7.33. The highest BCUT2D eigenvalue weighted by Gasteiger charge is 2.15. The van der Waals surface area contributed by atoms with E-state index in [0.717, 1.165) is 36.1 Å². The highest BCUT2D eigenvalue weighted by Crippen LogP contribution is 2.26. The number of aryl methyl sites for hydroxylation is 1. The monoisotopic (exact) mass is 424 g/mol. The smallest absolute Gasteiger partial charge is 0.290 e. The fraction of sp³-hybridized carbons (Fsp3) is 0.286. The fourth-order valence-electron chi connectivity index (χ4n) is 3.24. The average Bonchev–Trinajstić information content (AvgIpc) is 3.10. The number of ether oxygens (including phenoxy) is 1. The van der Waals surface area contributed by atoms with Crippen LogP contribution in [0.2, 0.25) is 0 Å². The molecule has 1 aromatic carbocycles. The van der Waals surface area contributed by atoms with E-state index in [1.165, 1.54) is 5.57 Å². The molecular formula is C21H24N6O4. The fourth-order valence-corrected chi connectivity index (χ4v) is 3.24. The van der Waals surface area contributed by atoms with Crippen molar-refractivity contribution in [1.82, 2.24) is 25.3 Å². The van der Waals surface area contributed by atoms with Gasteiger partial charge in [-0.05, 0) is 55.8 Å². The Morgan fingerprint density at radius 3 is 2.77 bits per heavy atom. The van der Waals surface area contributed by atoms with Crippen molar-refractivity contribution >= 4 is 34.7 Å². The largest absolute Gasteiger partial charge is 0.483 e. The molecule has 0 fully saturated rings. The van der Waals surface area contributed by atoms with Crippen molar-refractivity contribution in [3.63, 3.8) is 0 Å². The molecule has 1 amide bonds. The van der Waals surface area contributed by atoms with Crippen LogP contribution in [0.3, 0.4) is 0 Å². The van der Waals surface area contributed by atoms with Crippen molar-refractivity contribution in [2.24, 2.45) is 7.05 Å². The SMILES string of the molecule is CCOc1c2cc(C(=O)Nc3ccc(C4=CCNCC4)nn3)ccc2nn1C.O=CO. The molecule has 0 saturated heterocycles. The standard InChI is InChI=1S/C20H22N6O2.CH2O2/c1-3-28-20-15-12-14(4-5-17(15)25-26(20)2)19(27)22-18-7-6-16(23-24-18)13-8-10-21-11-9-13;2-1-3/h4-8,12,21H,3,9-11H2,1-2H3,(H,22,24,27);1H,(H,2,3). The molecule has 31 heavy (non-hydrogen) atoms. The van der Waals surface area contributed by atoms with Gasteiger partial charge in [-0.15, -0.1) is 10.2 Å². The van der Waals surface area contributed by atoms with Gasteiger partial charge in [0.05, 0.1) is 23.2 Å². The van der Waals surface area contributed by atoms with E-state index in [1.807, 2.05) is 26.1 Å². The molecule has 0 aliphatic carbocycles. The lowest BCUT2D eigenvalue weighted by atomic mass is 10.1. The first-order valence-electron chi connectivity index (χ1n) is 9.80. The van der Waals surface area contributed by atoms with E-state index in [1.54, 1.807) is 22.9 Å². The number of hydrogen-bond donors (Lipinski definition) is 3. The number of rotatable bonds is 5. The van der Waals surface area contributed by atoms with E-state index in [0.29, 0.717) is 23.9 Å². The number of benzene rings is 1. The zero-order chi connectivity index (χ0) is 22.2.